The van der Waals surface area contributed by atoms with Crippen LogP contribution in [0.3, 0.4) is 0 Å². The fourth-order valence-corrected chi connectivity index (χ4v) is 4.84. The van der Waals surface area contributed by atoms with Gasteiger partial charge < -0.3 is 9.64 Å². The number of rotatable bonds is 5. The first-order valence-corrected chi connectivity index (χ1v) is 11.7. The van der Waals surface area contributed by atoms with Gasteiger partial charge in [0, 0.05) is 50.0 Å². The van der Waals surface area contributed by atoms with Crippen molar-refractivity contribution in [2.24, 2.45) is 0 Å². The second-order valence-corrected chi connectivity index (χ2v) is 9.13. The molecule has 2 aliphatic heterocycles. The summed E-state index contributed by atoms with van der Waals surface area (Å²) in [6, 6.07) is 5.85. The lowest BCUT2D eigenvalue weighted by molar-refractivity contribution is 0.0115. The molecule has 1 aromatic heterocycles. The van der Waals surface area contributed by atoms with E-state index < -0.39 is 0 Å². The summed E-state index contributed by atoms with van der Waals surface area (Å²) in [6.07, 6.45) is 2.36. The van der Waals surface area contributed by atoms with E-state index in [-0.39, 0.29) is 0 Å². The predicted octanol–water partition coefficient (Wildman–Crippen LogP) is 4.81. The summed E-state index contributed by atoms with van der Waals surface area (Å²) in [7, 11) is 0. The number of aromatic nitrogens is 1. The number of piperidine rings is 1. The topological polar surface area (TPSA) is 31.8 Å². The summed E-state index contributed by atoms with van der Waals surface area (Å²) in [5.41, 5.74) is 1.08. The number of hydrogen-bond acceptors (Lipinski definition) is 5. The molecule has 29 heavy (non-hydrogen) atoms. The number of nitrogens with zero attached hydrogens (tertiary/aromatic N) is 4. The molecule has 2 aliphatic rings. The summed E-state index contributed by atoms with van der Waals surface area (Å²) in [5.74, 6) is 0. The molecule has 166 valence electrons. The van der Waals surface area contributed by atoms with Crippen LogP contribution in [0.15, 0.2) is 12.1 Å². The molecule has 0 spiro atoms. The van der Waals surface area contributed by atoms with Gasteiger partial charge >= 0.3 is 0 Å². The van der Waals surface area contributed by atoms with E-state index in [4.69, 9.17) is 27.9 Å². The minimum Gasteiger partial charge on any atom is -0.379 e. The Labute approximate surface area is 187 Å². The SMILES string of the molecule is CCN(C(C)C)C(C)C.Clc1cc(N2CCC(N3CCOCC3)CC2)cc(Cl)n1. The zero-order valence-corrected chi connectivity index (χ0v) is 20.2. The summed E-state index contributed by atoms with van der Waals surface area (Å²) in [5, 5.41) is 0.922. The number of halogens is 2. The molecule has 0 saturated carbocycles. The molecule has 0 amide bonds. The van der Waals surface area contributed by atoms with Crippen LogP contribution in [0, 0.1) is 0 Å². The molecule has 3 heterocycles. The van der Waals surface area contributed by atoms with E-state index in [1.807, 2.05) is 12.1 Å². The lowest BCUT2D eigenvalue weighted by atomic mass is 10.0. The van der Waals surface area contributed by atoms with Crippen molar-refractivity contribution in [3.05, 3.63) is 22.4 Å². The third-order valence-corrected chi connectivity index (χ3v) is 6.22. The zero-order valence-electron chi connectivity index (χ0n) is 18.7. The Morgan fingerprint density at radius 2 is 1.52 bits per heavy atom. The highest BCUT2D eigenvalue weighted by Gasteiger charge is 2.26. The highest BCUT2D eigenvalue weighted by Crippen LogP contribution is 2.26. The Morgan fingerprint density at radius 3 is 1.93 bits per heavy atom. The van der Waals surface area contributed by atoms with E-state index in [1.54, 1.807) is 0 Å². The number of pyridine rings is 1. The van der Waals surface area contributed by atoms with Gasteiger partial charge in [-0.2, -0.15) is 0 Å². The van der Waals surface area contributed by atoms with E-state index in [2.05, 4.69) is 54.3 Å². The molecular weight excluding hydrogens is 407 g/mol. The maximum absolute atomic E-state index is 5.98. The van der Waals surface area contributed by atoms with E-state index >= 15 is 0 Å². The van der Waals surface area contributed by atoms with Crippen LogP contribution in [0.2, 0.25) is 10.3 Å². The molecule has 0 atom stereocenters. The molecule has 5 nitrogen and oxygen atoms in total. The Kier molecular flexibility index (Phi) is 10.5. The van der Waals surface area contributed by atoms with Gasteiger partial charge in [-0.05, 0) is 59.2 Å². The molecule has 1 aromatic rings. The average molecular weight is 445 g/mol. The molecule has 0 radical (unpaired) electrons. The van der Waals surface area contributed by atoms with Crippen LogP contribution in [0.4, 0.5) is 5.69 Å². The molecule has 7 heteroatoms. The first kappa shape index (κ1) is 24.7. The predicted molar refractivity (Wildman–Crippen MR) is 125 cm³/mol. The smallest absolute Gasteiger partial charge is 0.132 e. The molecule has 3 rings (SSSR count). The lowest BCUT2D eigenvalue weighted by Gasteiger charge is -2.40. The summed E-state index contributed by atoms with van der Waals surface area (Å²) in [4.78, 5) is 11.4. The van der Waals surface area contributed by atoms with Gasteiger partial charge in [0.15, 0.2) is 0 Å². The molecule has 0 unspecified atom stereocenters. The van der Waals surface area contributed by atoms with Crippen molar-refractivity contribution in [2.45, 2.75) is 65.6 Å². The Hall–Kier alpha value is -0.590. The monoisotopic (exact) mass is 444 g/mol. The Morgan fingerprint density at radius 1 is 1.00 bits per heavy atom. The van der Waals surface area contributed by atoms with Gasteiger partial charge in [-0.25, -0.2) is 4.98 Å². The third kappa shape index (κ3) is 7.87. The summed E-state index contributed by atoms with van der Waals surface area (Å²) >= 11 is 12.0. The second-order valence-electron chi connectivity index (χ2n) is 8.36. The van der Waals surface area contributed by atoms with Crippen LogP contribution in [0.5, 0.6) is 0 Å². The summed E-state index contributed by atoms with van der Waals surface area (Å²) in [6.45, 7) is 18.3. The van der Waals surface area contributed by atoms with Crippen LogP contribution < -0.4 is 4.90 Å². The standard InChI is InChI=1S/C14H19Cl2N3O.C8H19N/c15-13-9-12(10-14(16)17-13)18-3-1-11(2-4-18)19-5-7-20-8-6-19;1-6-9(7(2)3)8(4)5/h9-11H,1-8H2;7-8H,6H2,1-5H3. The molecule has 0 aromatic carbocycles. The highest BCUT2D eigenvalue weighted by atomic mass is 35.5. The van der Waals surface area contributed by atoms with Crippen molar-refractivity contribution in [2.75, 3.05) is 50.8 Å². The van der Waals surface area contributed by atoms with Crippen molar-refractivity contribution in [1.29, 1.82) is 0 Å². The van der Waals surface area contributed by atoms with E-state index in [9.17, 15) is 0 Å². The Balaban J connectivity index is 0.000000284. The van der Waals surface area contributed by atoms with E-state index in [1.165, 1.54) is 12.8 Å². The van der Waals surface area contributed by atoms with Gasteiger partial charge in [0.2, 0.25) is 0 Å². The van der Waals surface area contributed by atoms with Crippen LogP contribution in [0.25, 0.3) is 0 Å². The number of anilines is 1. The van der Waals surface area contributed by atoms with Gasteiger partial charge in [0.25, 0.3) is 0 Å². The van der Waals surface area contributed by atoms with E-state index in [0.717, 1.165) is 51.6 Å². The first-order chi connectivity index (χ1) is 13.8. The zero-order chi connectivity index (χ0) is 21.4. The maximum atomic E-state index is 5.98. The second kappa shape index (κ2) is 12.3. The highest BCUT2D eigenvalue weighted by molar-refractivity contribution is 6.32. The van der Waals surface area contributed by atoms with Gasteiger partial charge in [-0.3, -0.25) is 9.80 Å². The van der Waals surface area contributed by atoms with E-state index in [0.29, 0.717) is 28.4 Å². The molecule has 2 saturated heterocycles. The number of morpholine rings is 1. The molecule has 2 fully saturated rings. The minimum absolute atomic E-state index is 0.461. The minimum atomic E-state index is 0.461. The van der Waals surface area contributed by atoms with Crippen LogP contribution in [-0.4, -0.2) is 78.8 Å². The van der Waals surface area contributed by atoms with Crippen molar-refractivity contribution in [3.8, 4) is 0 Å². The van der Waals surface area contributed by atoms with Crippen LogP contribution >= 0.6 is 23.2 Å². The number of ether oxygens (including phenoxy) is 1. The average Bonchev–Trinajstić information content (AvgIpc) is 2.68. The van der Waals surface area contributed by atoms with Crippen molar-refractivity contribution >= 4 is 28.9 Å². The molecule has 0 bridgehead atoms. The van der Waals surface area contributed by atoms with Gasteiger partial charge in [-0.1, -0.05) is 30.1 Å². The van der Waals surface area contributed by atoms with Gasteiger partial charge in [-0.15, -0.1) is 0 Å². The lowest BCUT2D eigenvalue weighted by Crippen LogP contribution is -2.49. The van der Waals surface area contributed by atoms with Gasteiger partial charge in [0.05, 0.1) is 13.2 Å². The third-order valence-electron chi connectivity index (χ3n) is 5.83. The molecular formula is C22H38Cl2N4O. The fourth-order valence-electron chi connectivity index (χ4n) is 4.39. The van der Waals surface area contributed by atoms with Gasteiger partial charge in [0.1, 0.15) is 10.3 Å². The van der Waals surface area contributed by atoms with Crippen molar-refractivity contribution in [3.63, 3.8) is 0 Å². The van der Waals surface area contributed by atoms with Crippen LogP contribution in [0.1, 0.15) is 47.5 Å². The quantitative estimate of drug-likeness (QED) is 0.607. The van der Waals surface area contributed by atoms with Crippen LogP contribution in [-0.2, 0) is 4.74 Å². The fraction of sp³-hybridized carbons (Fsp3) is 0.773. The molecule has 0 aliphatic carbocycles. The van der Waals surface area contributed by atoms with Crippen molar-refractivity contribution in [1.82, 2.24) is 14.8 Å². The maximum Gasteiger partial charge on any atom is 0.132 e. The first-order valence-electron chi connectivity index (χ1n) is 11.0. The number of hydrogen-bond donors (Lipinski definition) is 0. The largest absolute Gasteiger partial charge is 0.379 e. The summed E-state index contributed by atoms with van der Waals surface area (Å²) < 4.78 is 5.42. The van der Waals surface area contributed by atoms with Crippen molar-refractivity contribution < 1.29 is 4.74 Å². The Bertz CT molecular complexity index is 572. The normalized spacial score (nSPS) is 19.0. The molecule has 0 N–H and O–H groups in total.